The van der Waals surface area contributed by atoms with Crippen LogP contribution in [0.25, 0.3) is 0 Å². The maximum absolute atomic E-state index is 13.0. The molecule has 0 aromatic rings. The zero-order valence-electron chi connectivity index (χ0n) is 53.9. The molecule has 0 aliphatic carbocycles. The van der Waals surface area contributed by atoms with E-state index in [1.807, 2.05) is 0 Å². The number of hydrogen-bond donors (Lipinski definition) is 0. The molecule has 0 saturated heterocycles. The molecule has 80 heavy (non-hydrogen) atoms. The van der Waals surface area contributed by atoms with Gasteiger partial charge in [-0.1, -0.05) is 333 Å². The highest BCUT2D eigenvalue weighted by Gasteiger charge is 2.19. The summed E-state index contributed by atoms with van der Waals surface area (Å²) in [6.45, 7) is 6.67. The second kappa shape index (κ2) is 68.9. The second-order valence-electron chi connectivity index (χ2n) is 24.1. The van der Waals surface area contributed by atoms with E-state index in [0.717, 1.165) is 77.0 Å². The molecule has 6 nitrogen and oxygen atoms in total. The van der Waals surface area contributed by atoms with Crippen LogP contribution in [-0.4, -0.2) is 37.2 Å². The Morgan fingerprint density at radius 1 is 0.250 bits per heavy atom. The fraction of sp³-hybridized carbons (Fsp3) is 0.851. The summed E-state index contributed by atoms with van der Waals surface area (Å²) in [5.41, 5.74) is 0. The molecule has 0 aliphatic rings. The fourth-order valence-corrected chi connectivity index (χ4v) is 10.7. The minimum absolute atomic E-state index is 0.0749. The van der Waals surface area contributed by atoms with Gasteiger partial charge in [0.1, 0.15) is 13.2 Å². The third kappa shape index (κ3) is 66.2. The van der Waals surface area contributed by atoms with Crippen LogP contribution in [0.4, 0.5) is 0 Å². The number of ether oxygens (including phenoxy) is 3. The zero-order chi connectivity index (χ0) is 57.8. The van der Waals surface area contributed by atoms with Gasteiger partial charge in [0.15, 0.2) is 6.10 Å². The zero-order valence-corrected chi connectivity index (χ0v) is 53.9. The van der Waals surface area contributed by atoms with Crippen molar-refractivity contribution in [2.24, 2.45) is 0 Å². The van der Waals surface area contributed by atoms with Crippen LogP contribution in [0.2, 0.25) is 0 Å². The minimum atomic E-state index is -0.781. The van der Waals surface area contributed by atoms with Crippen molar-refractivity contribution in [3.8, 4) is 0 Å². The van der Waals surface area contributed by atoms with Gasteiger partial charge in [0.25, 0.3) is 0 Å². The first-order chi connectivity index (χ1) is 39.5. The number of allylic oxidation sites excluding steroid dienone is 8. The summed E-state index contributed by atoms with van der Waals surface area (Å²) < 4.78 is 17.0. The molecule has 0 N–H and O–H groups in total. The van der Waals surface area contributed by atoms with Gasteiger partial charge in [-0.15, -0.1) is 0 Å². The van der Waals surface area contributed by atoms with E-state index < -0.39 is 6.10 Å². The van der Waals surface area contributed by atoms with Crippen molar-refractivity contribution in [3.63, 3.8) is 0 Å². The van der Waals surface area contributed by atoms with Gasteiger partial charge in [-0.05, 0) is 83.5 Å². The number of carbonyl (C=O) groups excluding carboxylic acids is 3. The summed E-state index contributed by atoms with van der Waals surface area (Å²) in [4.78, 5) is 38.5. The summed E-state index contributed by atoms with van der Waals surface area (Å²) >= 11 is 0. The van der Waals surface area contributed by atoms with E-state index in [-0.39, 0.29) is 31.1 Å². The van der Waals surface area contributed by atoms with E-state index in [0.29, 0.717) is 19.3 Å². The lowest BCUT2D eigenvalue weighted by atomic mass is 10.0. The molecule has 0 saturated carbocycles. The van der Waals surface area contributed by atoms with Crippen molar-refractivity contribution < 1.29 is 28.6 Å². The van der Waals surface area contributed by atoms with Crippen LogP contribution in [0.5, 0.6) is 0 Å². The average molecular weight is 1120 g/mol. The highest BCUT2D eigenvalue weighted by Crippen LogP contribution is 2.18. The molecule has 6 heteroatoms. The van der Waals surface area contributed by atoms with Crippen LogP contribution >= 0.6 is 0 Å². The van der Waals surface area contributed by atoms with Crippen molar-refractivity contribution in [3.05, 3.63) is 48.6 Å². The molecule has 0 amide bonds. The monoisotopic (exact) mass is 1120 g/mol. The maximum atomic E-state index is 13.0. The lowest BCUT2D eigenvalue weighted by molar-refractivity contribution is -0.167. The Morgan fingerprint density at radius 3 is 0.738 bits per heavy atom. The molecular weight excluding hydrogens is 985 g/mol. The first kappa shape index (κ1) is 77.4. The number of esters is 3. The topological polar surface area (TPSA) is 78.9 Å². The molecule has 0 heterocycles. The molecule has 0 aliphatic heterocycles. The van der Waals surface area contributed by atoms with Crippen LogP contribution < -0.4 is 0 Å². The van der Waals surface area contributed by atoms with Crippen molar-refractivity contribution >= 4 is 17.9 Å². The second-order valence-corrected chi connectivity index (χ2v) is 24.1. The molecule has 0 aromatic carbocycles. The van der Waals surface area contributed by atoms with Gasteiger partial charge >= 0.3 is 17.9 Å². The quantitative estimate of drug-likeness (QED) is 0.0261. The molecule has 468 valence electrons. The Morgan fingerprint density at radius 2 is 0.450 bits per heavy atom. The van der Waals surface area contributed by atoms with Gasteiger partial charge in [0.2, 0.25) is 0 Å². The highest BCUT2D eigenvalue weighted by molar-refractivity contribution is 5.71. The SMILES string of the molecule is CCCCC/C=C\C/C=C\C/C=C\CCCCCCCCC(=O)OC(COC(=O)CCCCCCCCCCC/C=C\CCCCCCCC)COC(=O)CCCCCCCCCCCCCCCCCCCCCCCCCC. The van der Waals surface area contributed by atoms with E-state index in [1.165, 1.54) is 270 Å². The molecule has 0 rings (SSSR count). The molecule has 0 spiro atoms. The predicted octanol–water partition coefficient (Wildman–Crippen LogP) is 24.5. The van der Waals surface area contributed by atoms with Gasteiger partial charge < -0.3 is 14.2 Å². The van der Waals surface area contributed by atoms with E-state index in [4.69, 9.17) is 14.2 Å². The van der Waals surface area contributed by atoms with Crippen molar-refractivity contribution in [1.82, 2.24) is 0 Å². The molecule has 0 aromatic heterocycles. The van der Waals surface area contributed by atoms with Gasteiger partial charge in [-0.3, -0.25) is 14.4 Å². The summed E-state index contributed by atoms with van der Waals surface area (Å²) in [6, 6.07) is 0. The summed E-state index contributed by atoms with van der Waals surface area (Å²) in [6.07, 6.45) is 87.0. The van der Waals surface area contributed by atoms with Crippen molar-refractivity contribution in [2.45, 2.75) is 393 Å². The summed E-state index contributed by atoms with van der Waals surface area (Å²) in [5, 5.41) is 0. The summed E-state index contributed by atoms with van der Waals surface area (Å²) in [7, 11) is 0. The van der Waals surface area contributed by atoms with Crippen molar-refractivity contribution in [1.29, 1.82) is 0 Å². The molecular formula is C74H136O6. The Balaban J connectivity index is 4.32. The molecule has 0 fully saturated rings. The van der Waals surface area contributed by atoms with Crippen LogP contribution in [0.1, 0.15) is 387 Å². The average Bonchev–Trinajstić information content (AvgIpc) is 3.46. The van der Waals surface area contributed by atoms with Crippen LogP contribution in [0.15, 0.2) is 48.6 Å². The Labute approximate surface area is 498 Å². The fourth-order valence-electron chi connectivity index (χ4n) is 10.7. The van der Waals surface area contributed by atoms with Gasteiger partial charge in [0, 0.05) is 19.3 Å². The van der Waals surface area contributed by atoms with E-state index >= 15 is 0 Å². The number of carbonyl (C=O) groups is 3. The number of hydrogen-bond acceptors (Lipinski definition) is 6. The molecule has 1 unspecified atom stereocenters. The van der Waals surface area contributed by atoms with E-state index in [2.05, 4.69) is 69.4 Å². The van der Waals surface area contributed by atoms with E-state index in [1.54, 1.807) is 0 Å². The predicted molar refractivity (Wildman–Crippen MR) is 349 cm³/mol. The number of unbranched alkanes of at least 4 members (excludes halogenated alkanes) is 47. The molecule has 0 bridgehead atoms. The third-order valence-electron chi connectivity index (χ3n) is 16.1. The van der Waals surface area contributed by atoms with Gasteiger partial charge in [0.05, 0.1) is 0 Å². The first-order valence-electron chi connectivity index (χ1n) is 35.6. The Bertz CT molecular complexity index is 1380. The standard InChI is InChI=1S/C74H136O6/c1-4-7-10-13-16-19-22-25-28-31-34-35-36-37-38-41-43-46-49-52-55-58-61-64-67-73(76)79-70-71(80-74(77)68-65-62-59-56-53-50-47-44-40-33-30-27-24-21-18-15-12-9-6-3)69-78-72(75)66-63-60-57-54-51-48-45-42-39-32-29-26-23-20-17-14-11-8-5-2/h18,21,26-27,29-30,40,44,71H,4-17,19-20,22-25,28,31-39,41-43,45-70H2,1-3H3/b21-18-,29-26-,30-27-,44-40-. The number of rotatable bonds is 66. The highest BCUT2D eigenvalue weighted by atomic mass is 16.6. The minimum Gasteiger partial charge on any atom is -0.462 e. The Kier molecular flexibility index (Phi) is 66.6. The smallest absolute Gasteiger partial charge is 0.306 e. The third-order valence-corrected chi connectivity index (χ3v) is 16.1. The van der Waals surface area contributed by atoms with Crippen molar-refractivity contribution in [2.75, 3.05) is 13.2 Å². The van der Waals surface area contributed by atoms with Gasteiger partial charge in [-0.25, -0.2) is 0 Å². The largest absolute Gasteiger partial charge is 0.462 e. The lowest BCUT2D eigenvalue weighted by Gasteiger charge is -2.18. The van der Waals surface area contributed by atoms with Crippen LogP contribution in [0.3, 0.4) is 0 Å². The normalized spacial score (nSPS) is 12.3. The first-order valence-corrected chi connectivity index (χ1v) is 35.6. The molecule has 1 atom stereocenters. The summed E-state index contributed by atoms with van der Waals surface area (Å²) in [5.74, 6) is -0.862. The van der Waals surface area contributed by atoms with Crippen LogP contribution in [-0.2, 0) is 28.6 Å². The van der Waals surface area contributed by atoms with Crippen LogP contribution in [0, 0.1) is 0 Å². The maximum Gasteiger partial charge on any atom is 0.306 e. The van der Waals surface area contributed by atoms with E-state index in [9.17, 15) is 14.4 Å². The molecule has 0 radical (unpaired) electrons. The lowest BCUT2D eigenvalue weighted by Crippen LogP contribution is -2.30. The van der Waals surface area contributed by atoms with Gasteiger partial charge in [-0.2, -0.15) is 0 Å². The Hall–Kier alpha value is -2.63.